The van der Waals surface area contributed by atoms with Crippen LogP contribution < -0.4 is 5.32 Å². The molecule has 0 aliphatic rings. The minimum Gasteiger partial charge on any atom is -0.314 e. The Bertz CT molecular complexity index is 379. The maximum absolute atomic E-state index is 13.3. The van der Waals surface area contributed by atoms with Gasteiger partial charge in [0, 0.05) is 10.5 Å². The fourth-order valence-electron chi connectivity index (χ4n) is 2.12. The molecule has 3 heteroatoms. The highest BCUT2D eigenvalue weighted by Crippen LogP contribution is 2.21. The molecule has 1 atom stereocenters. The van der Waals surface area contributed by atoms with Gasteiger partial charge in [0.2, 0.25) is 0 Å². The molecular formula is C16H25BrFN. The zero-order valence-electron chi connectivity index (χ0n) is 12.2. The molecule has 19 heavy (non-hydrogen) atoms. The van der Waals surface area contributed by atoms with Crippen LogP contribution in [0.25, 0.3) is 0 Å². The number of halogens is 2. The topological polar surface area (TPSA) is 12.0 Å². The third-order valence-corrected chi connectivity index (χ3v) is 4.02. The van der Waals surface area contributed by atoms with E-state index in [4.69, 9.17) is 0 Å². The quantitative estimate of drug-likeness (QED) is 0.712. The minimum atomic E-state index is -0.156. The Morgan fingerprint density at radius 2 is 2.00 bits per heavy atom. The number of hydrogen-bond acceptors (Lipinski definition) is 1. The van der Waals surface area contributed by atoms with Gasteiger partial charge >= 0.3 is 0 Å². The molecule has 0 aliphatic carbocycles. The van der Waals surface area contributed by atoms with E-state index in [1.54, 1.807) is 12.1 Å². The van der Waals surface area contributed by atoms with E-state index in [9.17, 15) is 4.39 Å². The molecule has 0 amide bonds. The maximum Gasteiger partial charge on any atom is 0.123 e. The van der Waals surface area contributed by atoms with E-state index in [0.717, 1.165) is 35.8 Å². The van der Waals surface area contributed by atoms with E-state index < -0.39 is 0 Å². The van der Waals surface area contributed by atoms with Crippen LogP contribution in [0, 0.1) is 11.7 Å². The van der Waals surface area contributed by atoms with E-state index in [1.807, 2.05) is 0 Å². The summed E-state index contributed by atoms with van der Waals surface area (Å²) in [4.78, 5) is 0. The molecule has 1 nitrogen and oxygen atoms in total. The van der Waals surface area contributed by atoms with E-state index in [2.05, 4.69) is 42.0 Å². The molecule has 0 saturated heterocycles. The van der Waals surface area contributed by atoms with Crippen molar-refractivity contribution in [1.82, 2.24) is 5.32 Å². The van der Waals surface area contributed by atoms with Crippen LogP contribution in [0.5, 0.6) is 0 Å². The summed E-state index contributed by atoms with van der Waals surface area (Å²) >= 11 is 3.51. The van der Waals surface area contributed by atoms with Crippen molar-refractivity contribution in [2.45, 2.75) is 52.5 Å². The zero-order valence-corrected chi connectivity index (χ0v) is 13.8. The summed E-state index contributed by atoms with van der Waals surface area (Å²) in [6, 6.07) is 5.36. The first-order valence-corrected chi connectivity index (χ1v) is 7.99. The van der Waals surface area contributed by atoms with Crippen LogP contribution in [-0.2, 0) is 6.42 Å². The van der Waals surface area contributed by atoms with Crippen molar-refractivity contribution in [3.63, 3.8) is 0 Å². The standard InChI is InChI=1S/C16H25BrFN/c1-4-9-19-15(7-5-12(2)3)11-13-10-14(18)6-8-16(13)17/h6,8,10,12,15,19H,4-5,7,9,11H2,1-3H3. The third kappa shape index (κ3) is 6.53. The van der Waals surface area contributed by atoms with Gasteiger partial charge < -0.3 is 5.32 Å². The Morgan fingerprint density at radius 1 is 1.26 bits per heavy atom. The summed E-state index contributed by atoms with van der Waals surface area (Å²) in [6.07, 6.45) is 4.35. The molecule has 1 unspecified atom stereocenters. The number of nitrogens with one attached hydrogen (secondary N) is 1. The minimum absolute atomic E-state index is 0.156. The van der Waals surface area contributed by atoms with E-state index in [1.165, 1.54) is 12.5 Å². The molecule has 0 spiro atoms. The first kappa shape index (κ1) is 16.6. The summed E-state index contributed by atoms with van der Waals surface area (Å²) in [5, 5.41) is 3.58. The van der Waals surface area contributed by atoms with E-state index in [0.29, 0.717) is 12.0 Å². The smallest absolute Gasteiger partial charge is 0.123 e. The summed E-state index contributed by atoms with van der Waals surface area (Å²) in [7, 11) is 0. The van der Waals surface area contributed by atoms with Gasteiger partial charge in [-0.1, -0.05) is 36.7 Å². The summed E-state index contributed by atoms with van der Waals surface area (Å²) in [5.41, 5.74) is 1.05. The lowest BCUT2D eigenvalue weighted by Gasteiger charge is -2.20. The fraction of sp³-hybridized carbons (Fsp3) is 0.625. The van der Waals surface area contributed by atoms with E-state index in [-0.39, 0.29) is 5.82 Å². The van der Waals surface area contributed by atoms with Crippen molar-refractivity contribution >= 4 is 15.9 Å². The maximum atomic E-state index is 13.3. The van der Waals surface area contributed by atoms with Crippen LogP contribution in [0.4, 0.5) is 4.39 Å². The van der Waals surface area contributed by atoms with Gasteiger partial charge in [-0.3, -0.25) is 0 Å². The lowest BCUT2D eigenvalue weighted by atomic mass is 9.97. The van der Waals surface area contributed by atoms with Gasteiger partial charge in [-0.15, -0.1) is 0 Å². The first-order valence-electron chi connectivity index (χ1n) is 7.20. The molecule has 0 aromatic heterocycles. The van der Waals surface area contributed by atoms with Crippen LogP contribution in [0.2, 0.25) is 0 Å². The predicted octanol–water partition coefficient (Wildman–Crippen LogP) is 4.94. The Balaban J connectivity index is 2.66. The van der Waals surface area contributed by atoms with Crippen LogP contribution >= 0.6 is 15.9 Å². The normalized spacial score (nSPS) is 12.9. The van der Waals surface area contributed by atoms with Gasteiger partial charge in [-0.25, -0.2) is 4.39 Å². The fourth-order valence-corrected chi connectivity index (χ4v) is 2.53. The van der Waals surface area contributed by atoms with Gasteiger partial charge in [0.05, 0.1) is 0 Å². The van der Waals surface area contributed by atoms with Crippen LogP contribution in [0.3, 0.4) is 0 Å². The summed E-state index contributed by atoms with van der Waals surface area (Å²) < 4.78 is 14.3. The highest BCUT2D eigenvalue weighted by atomic mass is 79.9. The molecule has 0 saturated carbocycles. The zero-order chi connectivity index (χ0) is 14.3. The van der Waals surface area contributed by atoms with Gasteiger partial charge in [0.15, 0.2) is 0 Å². The Kier molecular flexibility index (Phi) is 7.62. The van der Waals surface area contributed by atoms with Crippen molar-refractivity contribution in [1.29, 1.82) is 0 Å². The monoisotopic (exact) mass is 329 g/mol. The lowest BCUT2D eigenvalue weighted by molar-refractivity contribution is 0.426. The number of hydrogen-bond donors (Lipinski definition) is 1. The van der Waals surface area contributed by atoms with Crippen LogP contribution in [0.1, 0.15) is 45.6 Å². The van der Waals surface area contributed by atoms with Crippen molar-refractivity contribution in [3.8, 4) is 0 Å². The second-order valence-electron chi connectivity index (χ2n) is 5.56. The molecule has 0 aliphatic heterocycles. The molecule has 1 rings (SSSR count). The van der Waals surface area contributed by atoms with Crippen LogP contribution in [-0.4, -0.2) is 12.6 Å². The molecule has 0 fully saturated rings. The van der Waals surface area contributed by atoms with Gasteiger partial charge in [-0.2, -0.15) is 0 Å². The summed E-state index contributed by atoms with van der Waals surface area (Å²) in [6.45, 7) is 7.68. The number of benzene rings is 1. The van der Waals surface area contributed by atoms with Crippen molar-refractivity contribution in [2.24, 2.45) is 5.92 Å². The molecule has 0 radical (unpaired) electrons. The lowest BCUT2D eigenvalue weighted by Crippen LogP contribution is -2.32. The van der Waals surface area contributed by atoms with Crippen molar-refractivity contribution < 1.29 is 4.39 Å². The summed E-state index contributed by atoms with van der Waals surface area (Å²) in [5.74, 6) is 0.554. The Labute approximate surface area is 125 Å². The SMILES string of the molecule is CCCNC(CCC(C)C)Cc1cc(F)ccc1Br. The average molecular weight is 330 g/mol. The molecule has 1 N–H and O–H groups in total. The number of rotatable bonds is 8. The second-order valence-corrected chi connectivity index (χ2v) is 6.42. The van der Waals surface area contributed by atoms with Crippen LogP contribution in [0.15, 0.2) is 22.7 Å². The highest BCUT2D eigenvalue weighted by Gasteiger charge is 2.12. The predicted molar refractivity (Wildman–Crippen MR) is 84.0 cm³/mol. The Hall–Kier alpha value is -0.410. The average Bonchev–Trinajstić information content (AvgIpc) is 2.36. The molecule has 1 aromatic carbocycles. The van der Waals surface area contributed by atoms with Gasteiger partial charge in [0.1, 0.15) is 5.82 Å². The van der Waals surface area contributed by atoms with Crippen molar-refractivity contribution in [3.05, 3.63) is 34.1 Å². The molecule has 0 heterocycles. The first-order chi connectivity index (χ1) is 9.02. The molecular weight excluding hydrogens is 305 g/mol. The van der Waals surface area contributed by atoms with Crippen molar-refractivity contribution in [2.75, 3.05) is 6.54 Å². The molecule has 0 bridgehead atoms. The Morgan fingerprint density at radius 3 is 2.63 bits per heavy atom. The van der Waals surface area contributed by atoms with E-state index >= 15 is 0 Å². The highest BCUT2D eigenvalue weighted by molar-refractivity contribution is 9.10. The largest absolute Gasteiger partial charge is 0.314 e. The van der Waals surface area contributed by atoms with Gasteiger partial charge in [0.25, 0.3) is 0 Å². The third-order valence-electron chi connectivity index (χ3n) is 3.25. The second kappa shape index (κ2) is 8.70. The molecule has 1 aromatic rings. The molecule has 108 valence electrons. The van der Waals surface area contributed by atoms with Gasteiger partial charge in [-0.05, 0) is 61.9 Å².